The summed E-state index contributed by atoms with van der Waals surface area (Å²) in [5.41, 5.74) is 1.15. The Morgan fingerprint density at radius 3 is 3.00 bits per heavy atom. The van der Waals surface area contributed by atoms with Gasteiger partial charge in [-0.15, -0.1) is 0 Å². The van der Waals surface area contributed by atoms with Gasteiger partial charge in [-0.05, 0) is 24.5 Å². The van der Waals surface area contributed by atoms with Gasteiger partial charge in [0.2, 0.25) is 11.8 Å². The van der Waals surface area contributed by atoms with Gasteiger partial charge in [0.15, 0.2) is 0 Å². The summed E-state index contributed by atoms with van der Waals surface area (Å²) in [4.78, 5) is 23.1. The predicted octanol–water partition coefficient (Wildman–Crippen LogP) is 0.947. The molecule has 0 aromatic heterocycles. The highest BCUT2D eigenvalue weighted by molar-refractivity contribution is 5.90. The van der Waals surface area contributed by atoms with Crippen molar-refractivity contribution in [3.63, 3.8) is 0 Å². The summed E-state index contributed by atoms with van der Waals surface area (Å²) in [6, 6.07) is 7.58. The highest BCUT2D eigenvalue weighted by atomic mass is 16.5. The number of carbonyl (C=O) groups excluding carboxylic acids is 2. The maximum atomic E-state index is 12.0. The molecular weight excluding hydrogens is 256 g/mol. The SMILES string of the molecule is O=C1CCC(C(=O)NCC2CCOc3ccccc32)N1. The summed E-state index contributed by atoms with van der Waals surface area (Å²) in [6.07, 6.45) is 1.93. The summed E-state index contributed by atoms with van der Waals surface area (Å²) in [7, 11) is 0. The molecule has 1 aromatic carbocycles. The van der Waals surface area contributed by atoms with Gasteiger partial charge in [0.1, 0.15) is 11.8 Å². The van der Waals surface area contributed by atoms with E-state index < -0.39 is 0 Å². The van der Waals surface area contributed by atoms with Gasteiger partial charge in [0, 0.05) is 18.9 Å². The largest absolute Gasteiger partial charge is 0.493 e. The van der Waals surface area contributed by atoms with Gasteiger partial charge in [-0.1, -0.05) is 18.2 Å². The number of hydrogen-bond donors (Lipinski definition) is 2. The van der Waals surface area contributed by atoms with E-state index in [1.165, 1.54) is 0 Å². The first-order valence-corrected chi connectivity index (χ1v) is 7.03. The normalized spacial score (nSPS) is 24.5. The van der Waals surface area contributed by atoms with Crippen molar-refractivity contribution in [2.75, 3.05) is 13.2 Å². The third-order valence-corrected chi connectivity index (χ3v) is 3.92. The first kappa shape index (κ1) is 13.0. The third-order valence-electron chi connectivity index (χ3n) is 3.92. The van der Waals surface area contributed by atoms with Crippen LogP contribution in [0, 0.1) is 0 Å². The van der Waals surface area contributed by atoms with E-state index in [0.717, 1.165) is 17.7 Å². The van der Waals surface area contributed by atoms with Gasteiger partial charge in [-0.2, -0.15) is 0 Å². The fourth-order valence-electron chi connectivity index (χ4n) is 2.79. The van der Waals surface area contributed by atoms with Crippen LogP contribution in [0.15, 0.2) is 24.3 Å². The van der Waals surface area contributed by atoms with E-state index in [-0.39, 0.29) is 23.8 Å². The van der Waals surface area contributed by atoms with E-state index in [9.17, 15) is 9.59 Å². The molecule has 5 heteroatoms. The molecule has 1 saturated heterocycles. The number of hydrogen-bond acceptors (Lipinski definition) is 3. The van der Waals surface area contributed by atoms with Gasteiger partial charge >= 0.3 is 0 Å². The minimum atomic E-state index is -0.363. The van der Waals surface area contributed by atoms with Gasteiger partial charge < -0.3 is 15.4 Å². The predicted molar refractivity (Wildman–Crippen MR) is 73.5 cm³/mol. The van der Waals surface area contributed by atoms with E-state index >= 15 is 0 Å². The summed E-state index contributed by atoms with van der Waals surface area (Å²) < 4.78 is 5.60. The lowest BCUT2D eigenvalue weighted by Gasteiger charge is -2.26. The number of fused-ring (bicyclic) bond motifs is 1. The van der Waals surface area contributed by atoms with E-state index in [0.29, 0.717) is 26.0 Å². The van der Waals surface area contributed by atoms with Crippen LogP contribution in [0.25, 0.3) is 0 Å². The maximum absolute atomic E-state index is 12.0. The van der Waals surface area contributed by atoms with E-state index in [1.807, 2.05) is 24.3 Å². The van der Waals surface area contributed by atoms with Crippen LogP contribution in [0.2, 0.25) is 0 Å². The van der Waals surface area contributed by atoms with Crippen molar-refractivity contribution in [2.24, 2.45) is 0 Å². The molecule has 2 unspecified atom stereocenters. The van der Waals surface area contributed by atoms with Gasteiger partial charge in [0.05, 0.1) is 6.61 Å². The molecule has 2 aliphatic heterocycles. The monoisotopic (exact) mass is 274 g/mol. The Morgan fingerprint density at radius 2 is 2.20 bits per heavy atom. The van der Waals surface area contributed by atoms with Crippen LogP contribution in [0.1, 0.15) is 30.7 Å². The second-order valence-electron chi connectivity index (χ2n) is 5.28. The molecule has 2 aliphatic rings. The van der Waals surface area contributed by atoms with E-state index in [1.54, 1.807) is 0 Å². The van der Waals surface area contributed by atoms with Crippen LogP contribution in [-0.4, -0.2) is 31.0 Å². The molecule has 0 spiro atoms. The Balaban J connectivity index is 1.59. The number of para-hydroxylation sites is 1. The van der Waals surface area contributed by atoms with Crippen molar-refractivity contribution in [1.29, 1.82) is 0 Å². The summed E-state index contributed by atoms with van der Waals surface area (Å²) in [6.45, 7) is 1.27. The lowest BCUT2D eigenvalue weighted by atomic mass is 9.93. The van der Waals surface area contributed by atoms with E-state index in [4.69, 9.17) is 4.74 Å². The van der Waals surface area contributed by atoms with Crippen molar-refractivity contribution in [1.82, 2.24) is 10.6 Å². The van der Waals surface area contributed by atoms with Crippen molar-refractivity contribution in [2.45, 2.75) is 31.2 Å². The Labute approximate surface area is 117 Å². The molecule has 1 fully saturated rings. The van der Waals surface area contributed by atoms with Crippen molar-refractivity contribution < 1.29 is 14.3 Å². The fraction of sp³-hybridized carbons (Fsp3) is 0.467. The number of benzene rings is 1. The molecule has 0 bridgehead atoms. The first-order valence-electron chi connectivity index (χ1n) is 7.03. The van der Waals surface area contributed by atoms with Crippen LogP contribution >= 0.6 is 0 Å². The topological polar surface area (TPSA) is 67.4 Å². The summed E-state index contributed by atoms with van der Waals surface area (Å²) in [5.74, 6) is 1.06. The van der Waals surface area contributed by atoms with Crippen LogP contribution in [0.3, 0.4) is 0 Å². The standard InChI is InChI=1S/C15H18N2O3/c18-14-6-5-12(17-14)15(19)16-9-10-7-8-20-13-4-2-1-3-11(10)13/h1-4,10,12H,5-9H2,(H,16,19)(H,17,18). The fourth-order valence-corrected chi connectivity index (χ4v) is 2.79. The van der Waals surface area contributed by atoms with Gasteiger partial charge in [-0.3, -0.25) is 9.59 Å². The Kier molecular flexibility index (Phi) is 3.58. The van der Waals surface area contributed by atoms with Crippen LogP contribution in [0.4, 0.5) is 0 Å². The molecule has 20 heavy (non-hydrogen) atoms. The Hall–Kier alpha value is -2.04. The highest BCUT2D eigenvalue weighted by Crippen LogP contribution is 2.32. The van der Waals surface area contributed by atoms with Crippen LogP contribution < -0.4 is 15.4 Å². The number of ether oxygens (including phenoxy) is 1. The molecule has 0 radical (unpaired) electrons. The molecule has 3 rings (SSSR count). The summed E-state index contributed by atoms with van der Waals surface area (Å²) in [5, 5.41) is 5.63. The minimum absolute atomic E-state index is 0.0402. The first-order chi connectivity index (χ1) is 9.74. The molecule has 1 aromatic rings. The number of rotatable bonds is 3. The quantitative estimate of drug-likeness (QED) is 0.862. The second-order valence-corrected chi connectivity index (χ2v) is 5.28. The number of carbonyl (C=O) groups is 2. The van der Waals surface area contributed by atoms with E-state index in [2.05, 4.69) is 10.6 Å². The average Bonchev–Trinajstić information content (AvgIpc) is 2.91. The zero-order valence-corrected chi connectivity index (χ0v) is 11.2. The van der Waals surface area contributed by atoms with Crippen molar-refractivity contribution in [3.8, 4) is 5.75 Å². The van der Waals surface area contributed by atoms with Gasteiger partial charge in [-0.25, -0.2) is 0 Å². The molecule has 0 saturated carbocycles. The smallest absolute Gasteiger partial charge is 0.242 e. The maximum Gasteiger partial charge on any atom is 0.242 e. The summed E-state index contributed by atoms with van der Waals surface area (Å²) >= 11 is 0. The lowest BCUT2D eigenvalue weighted by Crippen LogP contribution is -2.43. The zero-order chi connectivity index (χ0) is 13.9. The lowest BCUT2D eigenvalue weighted by molar-refractivity contribution is -0.125. The molecular formula is C15H18N2O3. The minimum Gasteiger partial charge on any atom is -0.493 e. The third kappa shape index (κ3) is 2.61. The number of nitrogens with one attached hydrogen (secondary N) is 2. The zero-order valence-electron chi connectivity index (χ0n) is 11.2. The highest BCUT2D eigenvalue weighted by Gasteiger charge is 2.28. The molecule has 2 N–H and O–H groups in total. The molecule has 2 amide bonds. The van der Waals surface area contributed by atoms with Crippen molar-refractivity contribution in [3.05, 3.63) is 29.8 Å². The number of amides is 2. The molecule has 5 nitrogen and oxygen atoms in total. The molecule has 2 heterocycles. The molecule has 0 aliphatic carbocycles. The van der Waals surface area contributed by atoms with Crippen LogP contribution in [0.5, 0.6) is 5.75 Å². The van der Waals surface area contributed by atoms with Gasteiger partial charge in [0.25, 0.3) is 0 Å². The Morgan fingerprint density at radius 1 is 1.35 bits per heavy atom. The molecule has 2 atom stereocenters. The second kappa shape index (κ2) is 5.53. The average molecular weight is 274 g/mol. The van der Waals surface area contributed by atoms with Crippen LogP contribution in [-0.2, 0) is 9.59 Å². The van der Waals surface area contributed by atoms with Crippen molar-refractivity contribution >= 4 is 11.8 Å². The Bertz CT molecular complexity index is 530. The molecule has 106 valence electrons.